The molecule has 0 aliphatic heterocycles. The zero-order valence-electron chi connectivity index (χ0n) is 8.30. The standard InChI is InChI=1S/C11H12O4/c1-7(2)11(14)15-9-5-3-8(4-6-9)10(12)13/h3-6,11,14H,1H2,2H3,(H,12,13). The van der Waals surface area contributed by atoms with Crippen molar-refractivity contribution in [3.8, 4) is 5.75 Å². The first kappa shape index (κ1) is 11.3. The van der Waals surface area contributed by atoms with Gasteiger partial charge in [0.15, 0.2) is 0 Å². The molecule has 4 heteroatoms. The zero-order chi connectivity index (χ0) is 11.4. The number of aromatic carboxylic acids is 1. The van der Waals surface area contributed by atoms with Crippen LogP contribution in [0.25, 0.3) is 0 Å². The van der Waals surface area contributed by atoms with Crippen molar-refractivity contribution in [3.63, 3.8) is 0 Å². The van der Waals surface area contributed by atoms with Gasteiger partial charge in [-0.2, -0.15) is 0 Å². The Morgan fingerprint density at radius 1 is 1.40 bits per heavy atom. The van der Waals surface area contributed by atoms with Gasteiger partial charge < -0.3 is 14.9 Å². The van der Waals surface area contributed by atoms with Gasteiger partial charge in [0.2, 0.25) is 6.29 Å². The lowest BCUT2D eigenvalue weighted by atomic mass is 10.2. The van der Waals surface area contributed by atoms with E-state index in [9.17, 15) is 9.90 Å². The number of carboxylic acids is 1. The van der Waals surface area contributed by atoms with Crippen molar-refractivity contribution in [2.45, 2.75) is 13.2 Å². The highest BCUT2D eigenvalue weighted by molar-refractivity contribution is 5.87. The highest BCUT2D eigenvalue weighted by Gasteiger charge is 2.07. The van der Waals surface area contributed by atoms with Crippen molar-refractivity contribution in [3.05, 3.63) is 42.0 Å². The summed E-state index contributed by atoms with van der Waals surface area (Å²) in [7, 11) is 0. The van der Waals surface area contributed by atoms with E-state index in [4.69, 9.17) is 9.84 Å². The summed E-state index contributed by atoms with van der Waals surface area (Å²) in [5, 5.41) is 18.0. The van der Waals surface area contributed by atoms with Crippen molar-refractivity contribution in [1.82, 2.24) is 0 Å². The zero-order valence-corrected chi connectivity index (χ0v) is 8.30. The van der Waals surface area contributed by atoms with Crippen molar-refractivity contribution in [2.75, 3.05) is 0 Å². The number of carbonyl (C=O) groups is 1. The minimum atomic E-state index is -1.07. The van der Waals surface area contributed by atoms with E-state index in [1.165, 1.54) is 24.3 Å². The van der Waals surface area contributed by atoms with E-state index in [1.54, 1.807) is 6.92 Å². The highest BCUT2D eigenvalue weighted by Crippen LogP contribution is 2.15. The quantitative estimate of drug-likeness (QED) is 0.583. The second-order valence-electron chi connectivity index (χ2n) is 3.15. The van der Waals surface area contributed by atoms with Crippen molar-refractivity contribution >= 4 is 5.97 Å². The van der Waals surface area contributed by atoms with E-state index in [2.05, 4.69) is 6.58 Å². The summed E-state index contributed by atoms with van der Waals surface area (Å²) >= 11 is 0. The first-order chi connectivity index (χ1) is 7.00. The van der Waals surface area contributed by atoms with E-state index >= 15 is 0 Å². The van der Waals surface area contributed by atoms with Gasteiger partial charge in [0.1, 0.15) is 5.75 Å². The second kappa shape index (κ2) is 4.61. The van der Waals surface area contributed by atoms with Gasteiger partial charge in [-0.1, -0.05) is 6.58 Å². The molecule has 1 unspecified atom stereocenters. The summed E-state index contributed by atoms with van der Waals surface area (Å²) in [6.45, 7) is 5.16. The van der Waals surface area contributed by atoms with Crippen LogP contribution in [0.4, 0.5) is 0 Å². The van der Waals surface area contributed by atoms with Gasteiger partial charge in [0, 0.05) is 0 Å². The number of aliphatic hydroxyl groups excluding tert-OH is 1. The topological polar surface area (TPSA) is 66.8 Å². The van der Waals surface area contributed by atoms with Crippen LogP contribution < -0.4 is 4.74 Å². The molecule has 0 aliphatic rings. The summed E-state index contributed by atoms with van der Waals surface area (Å²) in [6, 6.07) is 5.77. The lowest BCUT2D eigenvalue weighted by molar-refractivity contribution is 0.0151. The van der Waals surface area contributed by atoms with Crippen LogP contribution in [-0.2, 0) is 0 Å². The molecule has 0 radical (unpaired) electrons. The van der Waals surface area contributed by atoms with Gasteiger partial charge in [0.25, 0.3) is 0 Å². The van der Waals surface area contributed by atoms with Crippen LogP contribution in [-0.4, -0.2) is 22.5 Å². The van der Waals surface area contributed by atoms with Gasteiger partial charge in [-0.25, -0.2) is 4.79 Å². The maximum atomic E-state index is 10.5. The second-order valence-corrected chi connectivity index (χ2v) is 3.15. The average molecular weight is 208 g/mol. The molecule has 0 saturated heterocycles. The number of hydrogen-bond donors (Lipinski definition) is 2. The Morgan fingerprint density at radius 3 is 2.33 bits per heavy atom. The number of benzene rings is 1. The highest BCUT2D eigenvalue weighted by atomic mass is 16.6. The average Bonchev–Trinajstić information content (AvgIpc) is 2.18. The van der Waals surface area contributed by atoms with E-state index in [1.807, 2.05) is 0 Å². The van der Waals surface area contributed by atoms with Crippen LogP contribution in [0.15, 0.2) is 36.4 Å². The Balaban J connectivity index is 2.72. The van der Waals surface area contributed by atoms with Crippen LogP contribution in [0, 0.1) is 0 Å². The van der Waals surface area contributed by atoms with Gasteiger partial charge in [0.05, 0.1) is 5.56 Å². The van der Waals surface area contributed by atoms with Gasteiger partial charge in [-0.15, -0.1) is 0 Å². The van der Waals surface area contributed by atoms with E-state index in [-0.39, 0.29) is 5.56 Å². The van der Waals surface area contributed by atoms with Gasteiger partial charge >= 0.3 is 5.97 Å². The number of rotatable bonds is 4. The van der Waals surface area contributed by atoms with Crippen LogP contribution in [0.5, 0.6) is 5.75 Å². The van der Waals surface area contributed by atoms with Crippen LogP contribution in [0.2, 0.25) is 0 Å². The summed E-state index contributed by atoms with van der Waals surface area (Å²) < 4.78 is 5.07. The third-order valence-electron chi connectivity index (χ3n) is 1.77. The third-order valence-corrected chi connectivity index (χ3v) is 1.77. The largest absolute Gasteiger partial charge is 0.478 e. The van der Waals surface area contributed by atoms with Crippen LogP contribution in [0.3, 0.4) is 0 Å². The Kier molecular flexibility index (Phi) is 3.46. The van der Waals surface area contributed by atoms with Gasteiger partial charge in [-0.05, 0) is 36.8 Å². The normalized spacial score (nSPS) is 11.9. The fraction of sp³-hybridized carbons (Fsp3) is 0.182. The molecule has 0 spiro atoms. The summed E-state index contributed by atoms with van der Waals surface area (Å²) in [5.41, 5.74) is 0.657. The molecule has 15 heavy (non-hydrogen) atoms. The molecule has 1 atom stereocenters. The summed E-state index contributed by atoms with van der Waals surface area (Å²) in [6.07, 6.45) is -1.07. The number of aliphatic hydroxyl groups is 1. The number of carboxylic acid groups (broad SMARTS) is 1. The third kappa shape index (κ3) is 3.11. The SMILES string of the molecule is C=C(C)C(O)Oc1ccc(C(=O)O)cc1. The molecule has 1 aromatic carbocycles. The monoisotopic (exact) mass is 208 g/mol. The molecule has 1 rings (SSSR count). The van der Waals surface area contributed by atoms with Crippen LogP contribution >= 0.6 is 0 Å². The van der Waals surface area contributed by atoms with E-state index < -0.39 is 12.3 Å². The molecule has 0 bridgehead atoms. The molecule has 0 heterocycles. The predicted molar refractivity (Wildman–Crippen MR) is 54.9 cm³/mol. The molecule has 80 valence electrons. The number of hydrogen-bond acceptors (Lipinski definition) is 3. The first-order valence-corrected chi connectivity index (χ1v) is 4.34. The maximum Gasteiger partial charge on any atom is 0.335 e. The molecular formula is C11H12O4. The first-order valence-electron chi connectivity index (χ1n) is 4.34. The van der Waals surface area contributed by atoms with Gasteiger partial charge in [-0.3, -0.25) is 0 Å². The molecule has 0 fully saturated rings. The molecule has 0 aromatic heterocycles. The Hall–Kier alpha value is -1.81. The van der Waals surface area contributed by atoms with Crippen molar-refractivity contribution in [2.24, 2.45) is 0 Å². The molecule has 2 N–H and O–H groups in total. The van der Waals surface area contributed by atoms with Crippen LogP contribution in [0.1, 0.15) is 17.3 Å². The maximum absolute atomic E-state index is 10.5. The predicted octanol–water partition coefficient (Wildman–Crippen LogP) is 1.66. The Morgan fingerprint density at radius 2 is 1.93 bits per heavy atom. The fourth-order valence-corrected chi connectivity index (χ4v) is 0.906. The number of ether oxygens (including phenoxy) is 1. The lowest BCUT2D eigenvalue weighted by Crippen LogP contribution is -2.16. The molecule has 0 aliphatic carbocycles. The van der Waals surface area contributed by atoms with E-state index in [0.29, 0.717) is 11.3 Å². The summed E-state index contributed by atoms with van der Waals surface area (Å²) in [5.74, 6) is -0.600. The molecule has 0 saturated carbocycles. The smallest absolute Gasteiger partial charge is 0.335 e. The lowest BCUT2D eigenvalue weighted by Gasteiger charge is -2.12. The van der Waals surface area contributed by atoms with Crippen molar-refractivity contribution in [1.29, 1.82) is 0 Å². The minimum Gasteiger partial charge on any atom is -0.478 e. The molecule has 4 nitrogen and oxygen atoms in total. The van der Waals surface area contributed by atoms with E-state index in [0.717, 1.165) is 0 Å². The Bertz CT molecular complexity index is 367. The summed E-state index contributed by atoms with van der Waals surface area (Å²) in [4.78, 5) is 10.5. The Labute approximate surface area is 87.4 Å². The molecule has 1 aromatic rings. The molecule has 0 amide bonds. The fourth-order valence-electron chi connectivity index (χ4n) is 0.906. The minimum absolute atomic E-state index is 0.173. The van der Waals surface area contributed by atoms with Crippen molar-refractivity contribution < 1.29 is 19.7 Å². The molecular weight excluding hydrogens is 196 g/mol.